The molecular weight excluding hydrogens is 320 g/mol. The van der Waals surface area contributed by atoms with Crippen LogP contribution in [0.15, 0.2) is 29.4 Å². The van der Waals surface area contributed by atoms with Gasteiger partial charge in [0.25, 0.3) is 0 Å². The van der Waals surface area contributed by atoms with E-state index < -0.39 is 0 Å². The number of carbonyl (C=O) groups is 1. The number of rotatable bonds is 7. The molecule has 1 N–H and O–H groups in total. The van der Waals surface area contributed by atoms with E-state index in [0.717, 1.165) is 22.1 Å². The maximum absolute atomic E-state index is 11.8. The van der Waals surface area contributed by atoms with Crippen molar-refractivity contribution in [1.29, 1.82) is 0 Å². The van der Waals surface area contributed by atoms with Crippen LogP contribution in [-0.4, -0.2) is 46.5 Å². The molecule has 2 aromatic heterocycles. The van der Waals surface area contributed by atoms with Crippen molar-refractivity contribution >= 4 is 44.2 Å². The van der Waals surface area contributed by atoms with E-state index >= 15 is 0 Å². The Kier molecular flexibility index (Phi) is 4.91. The van der Waals surface area contributed by atoms with Crippen LogP contribution in [0.25, 0.3) is 15.2 Å². The molecule has 1 amide bonds. The van der Waals surface area contributed by atoms with Crippen LogP contribution in [0.1, 0.15) is 6.42 Å². The lowest BCUT2D eigenvalue weighted by molar-refractivity contribution is -0.118. The quantitative estimate of drug-likeness (QED) is 0.529. The summed E-state index contributed by atoms with van der Waals surface area (Å²) >= 11 is 3.00. The number of carbonyl (C=O) groups excluding carboxylic acids is 1. The molecule has 3 rings (SSSR count). The fraction of sp³-hybridized carbons (Fsp3) is 0.357. The lowest BCUT2D eigenvalue weighted by Gasteiger charge is -2.03. The Morgan fingerprint density at radius 1 is 1.41 bits per heavy atom. The van der Waals surface area contributed by atoms with Crippen LogP contribution in [0.5, 0.6) is 0 Å². The first-order chi connectivity index (χ1) is 10.8. The second-order valence-corrected chi connectivity index (χ2v) is 6.61. The van der Waals surface area contributed by atoms with Gasteiger partial charge in [-0.1, -0.05) is 35.2 Å². The lowest BCUT2D eigenvalue weighted by atomic mass is 10.3. The highest BCUT2D eigenvalue weighted by Gasteiger charge is 2.13. The molecule has 0 saturated carbocycles. The van der Waals surface area contributed by atoms with Gasteiger partial charge in [-0.15, -0.1) is 10.2 Å². The van der Waals surface area contributed by atoms with Gasteiger partial charge in [0.15, 0.2) is 5.16 Å². The fourth-order valence-corrected chi connectivity index (χ4v) is 3.87. The monoisotopic (exact) mass is 336 g/mol. The molecule has 0 bridgehead atoms. The third kappa shape index (κ3) is 3.23. The number of amides is 1. The predicted octanol–water partition coefficient (Wildman–Crippen LogP) is 2.19. The molecule has 0 atom stereocenters. The van der Waals surface area contributed by atoms with E-state index in [4.69, 9.17) is 4.74 Å². The van der Waals surface area contributed by atoms with Gasteiger partial charge < -0.3 is 10.1 Å². The Morgan fingerprint density at radius 2 is 2.27 bits per heavy atom. The maximum atomic E-state index is 11.8. The normalized spacial score (nSPS) is 11.3. The molecule has 0 unspecified atom stereocenters. The number of hydrogen-bond acceptors (Lipinski definition) is 6. The number of nitrogens with zero attached hydrogens (tertiary/aromatic N) is 3. The number of nitrogens with one attached hydrogen (secondary N) is 1. The molecular formula is C14H16N4O2S2. The van der Waals surface area contributed by atoms with Crippen molar-refractivity contribution in [2.75, 3.05) is 26.0 Å². The summed E-state index contributed by atoms with van der Waals surface area (Å²) in [7, 11) is 1.65. The maximum Gasteiger partial charge on any atom is 0.230 e. The molecule has 0 radical (unpaired) electrons. The van der Waals surface area contributed by atoms with E-state index in [9.17, 15) is 4.79 Å². The van der Waals surface area contributed by atoms with Gasteiger partial charge in [-0.25, -0.2) is 0 Å². The van der Waals surface area contributed by atoms with Crippen LogP contribution >= 0.6 is 23.1 Å². The average Bonchev–Trinajstić information content (AvgIpc) is 3.08. The first-order valence-electron chi connectivity index (χ1n) is 6.90. The summed E-state index contributed by atoms with van der Waals surface area (Å²) in [5.41, 5.74) is 1.08. The van der Waals surface area contributed by atoms with Crippen LogP contribution in [-0.2, 0) is 9.53 Å². The first kappa shape index (κ1) is 15.3. The summed E-state index contributed by atoms with van der Waals surface area (Å²) in [4.78, 5) is 12.7. The summed E-state index contributed by atoms with van der Waals surface area (Å²) < 4.78 is 8.11. The zero-order chi connectivity index (χ0) is 15.4. The lowest BCUT2D eigenvalue weighted by Crippen LogP contribution is -2.26. The second-order valence-electron chi connectivity index (χ2n) is 4.66. The van der Waals surface area contributed by atoms with Crippen LogP contribution in [0.3, 0.4) is 0 Å². The molecule has 8 heteroatoms. The number of thioether (sulfide) groups is 1. The molecule has 0 aliphatic carbocycles. The molecule has 0 spiro atoms. The largest absolute Gasteiger partial charge is 0.385 e. The molecule has 1 aromatic carbocycles. The summed E-state index contributed by atoms with van der Waals surface area (Å²) in [5.74, 6) is 0.329. The van der Waals surface area contributed by atoms with Crippen molar-refractivity contribution in [2.24, 2.45) is 0 Å². The topological polar surface area (TPSA) is 68.5 Å². The van der Waals surface area contributed by atoms with Crippen molar-refractivity contribution in [3.05, 3.63) is 24.3 Å². The molecule has 2 heterocycles. The zero-order valence-electron chi connectivity index (χ0n) is 12.1. The highest BCUT2D eigenvalue weighted by molar-refractivity contribution is 7.99. The standard InChI is InChI=1S/C14H16N4O2S2/c1-20-8-4-7-15-12(19)9-21-13-16-17-14-18(13)10-5-2-3-6-11(10)22-14/h2-3,5-6H,4,7-9H2,1H3,(H,15,19). The SMILES string of the molecule is COCCCNC(=O)CSc1nnc2sc3ccccc3n12. The van der Waals surface area contributed by atoms with Gasteiger partial charge in [0.1, 0.15) is 0 Å². The highest BCUT2D eigenvalue weighted by atomic mass is 32.2. The van der Waals surface area contributed by atoms with Gasteiger partial charge in [-0.05, 0) is 18.6 Å². The third-order valence-electron chi connectivity index (χ3n) is 3.09. The predicted molar refractivity (Wildman–Crippen MR) is 88.6 cm³/mol. The number of hydrogen-bond donors (Lipinski definition) is 1. The smallest absolute Gasteiger partial charge is 0.230 e. The molecule has 0 aliphatic heterocycles. The number of fused-ring (bicyclic) bond motifs is 3. The van der Waals surface area contributed by atoms with Crippen LogP contribution in [0, 0.1) is 0 Å². The van der Waals surface area contributed by atoms with Crippen LogP contribution in [0.4, 0.5) is 0 Å². The van der Waals surface area contributed by atoms with Gasteiger partial charge in [0, 0.05) is 20.3 Å². The van der Waals surface area contributed by atoms with Gasteiger partial charge >= 0.3 is 0 Å². The summed E-state index contributed by atoms with van der Waals surface area (Å²) in [6, 6.07) is 8.10. The summed E-state index contributed by atoms with van der Waals surface area (Å²) in [6.45, 7) is 1.28. The van der Waals surface area contributed by atoms with Crippen LogP contribution in [0.2, 0.25) is 0 Å². The third-order valence-corrected chi connectivity index (χ3v) is 5.03. The van der Waals surface area contributed by atoms with E-state index in [2.05, 4.69) is 21.6 Å². The Balaban J connectivity index is 1.65. The van der Waals surface area contributed by atoms with Crippen molar-refractivity contribution in [2.45, 2.75) is 11.6 Å². The first-order valence-corrected chi connectivity index (χ1v) is 8.71. The van der Waals surface area contributed by atoms with Crippen molar-refractivity contribution < 1.29 is 9.53 Å². The Hall–Kier alpha value is -1.64. The van der Waals surface area contributed by atoms with E-state index in [1.807, 2.05) is 22.6 Å². The number of benzene rings is 1. The fourth-order valence-electron chi connectivity index (χ4n) is 2.07. The second kappa shape index (κ2) is 7.08. The van der Waals surface area contributed by atoms with Crippen molar-refractivity contribution in [3.8, 4) is 0 Å². The zero-order valence-corrected chi connectivity index (χ0v) is 13.7. The number of para-hydroxylation sites is 1. The molecule has 0 saturated heterocycles. The highest BCUT2D eigenvalue weighted by Crippen LogP contribution is 2.29. The van der Waals surface area contributed by atoms with Gasteiger partial charge in [-0.3, -0.25) is 9.20 Å². The summed E-state index contributed by atoms with van der Waals surface area (Å²) in [6.07, 6.45) is 0.817. The van der Waals surface area contributed by atoms with E-state index in [0.29, 0.717) is 18.9 Å². The number of methoxy groups -OCH3 is 1. The van der Waals surface area contributed by atoms with E-state index in [1.165, 1.54) is 16.5 Å². The number of ether oxygens (including phenoxy) is 1. The van der Waals surface area contributed by atoms with Crippen LogP contribution < -0.4 is 5.32 Å². The average molecular weight is 336 g/mol. The Labute approximate surface area is 135 Å². The molecule has 6 nitrogen and oxygen atoms in total. The molecule has 22 heavy (non-hydrogen) atoms. The Morgan fingerprint density at radius 3 is 3.14 bits per heavy atom. The van der Waals surface area contributed by atoms with E-state index in [1.54, 1.807) is 18.4 Å². The number of thiazole rings is 1. The van der Waals surface area contributed by atoms with Gasteiger partial charge in [-0.2, -0.15) is 0 Å². The molecule has 0 aliphatic rings. The minimum atomic E-state index is -0.00242. The molecule has 0 fully saturated rings. The van der Waals surface area contributed by atoms with Crippen molar-refractivity contribution in [1.82, 2.24) is 19.9 Å². The summed E-state index contributed by atoms with van der Waals surface area (Å²) in [5, 5.41) is 12.0. The van der Waals surface area contributed by atoms with Gasteiger partial charge in [0.2, 0.25) is 10.9 Å². The minimum absolute atomic E-state index is 0.00242. The molecule has 116 valence electrons. The van der Waals surface area contributed by atoms with Crippen molar-refractivity contribution in [3.63, 3.8) is 0 Å². The van der Waals surface area contributed by atoms with E-state index in [-0.39, 0.29) is 5.91 Å². The van der Waals surface area contributed by atoms with Gasteiger partial charge in [0.05, 0.1) is 16.0 Å². The minimum Gasteiger partial charge on any atom is -0.385 e. The number of aromatic nitrogens is 3. The molecule has 3 aromatic rings. The Bertz CT molecular complexity index is 783.